The minimum Gasteiger partial charge on any atom is -0.300 e. The van der Waals surface area contributed by atoms with Crippen LogP contribution in [0.15, 0.2) is 36.0 Å². The maximum atomic E-state index is 12.1. The van der Waals surface area contributed by atoms with E-state index in [-0.39, 0.29) is 22.5 Å². The predicted molar refractivity (Wildman–Crippen MR) is 90.7 cm³/mol. The smallest absolute Gasteiger partial charge is 0.178 e. The molecule has 0 aromatic heterocycles. The molecule has 0 aromatic carbocycles. The van der Waals surface area contributed by atoms with Crippen LogP contribution in [0, 0.1) is 34.5 Å². The van der Waals surface area contributed by atoms with Gasteiger partial charge in [0.2, 0.25) is 0 Å². The molecule has 0 saturated heterocycles. The predicted octanol–water partition coefficient (Wildman–Crippen LogP) is 4.28. The van der Waals surface area contributed by atoms with Gasteiger partial charge in [0.15, 0.2) is 5.78 Å². The van der Waals surface area contributed by atoms with Gasteiger partial charge in [-0.25, -0.2) is 0 Å². The van der Waals surface area contributed by atoms with Gasteiger partial charge in [0, 0.05) is 11.3 Å². The molecule has 4 rings (SSSR count). The van der Waals surface area contributed by atoms with Crippen LogP contribution in [-0.4, -0.2) is 11.6 Å². The second-order valence-corrected chi connectivity index (χ2v) is 8.49. The first kappa shape index (κ1) is 15.1. The first-order valence-electron chi connectivity index (χ1n) is 9.00. The van der Waals surface area contributed by atoms with Gasteiger partial charge < -0.3 is 0 Å². The van der Waals surface area contributed by atoms with E-state index < -0.39 is 0 Å². The largest absolute Gasteiger partial charge is 0.300 e. The second-order valence-electron chi connectivity index (χ2n) is 8.49. The first-order chi connectivity index (χ1) is 10.9. The molecule has 0 radical (unpaired) electrons. The molecule has 0 aromatic rings. The molecule has 0 unspecified atom stereocenters. The van der Waals surface area contributed by atoms with Crippen molar-refractivity contribution in [3.8, 4) is 0 Å². The molecule has 122 valence electrons. The van der Waals surface area contributed by atoms with Crippen molar-refractivity contribution in [1.29, 1.82) is 0 Å². The highest BCUT2D eigenvalue weighted by Crippen LogP contribution is 2.63. The van der Waals surface area contributed by atoms with Gasteiger partial charge in [-0.05, 0) is 67.9 Å². The van der Waals surface area contributed by atoms with Gasteiger partial charge in [-0.15, -0.1) is 0 Å². The maximum Gasteiger partial charge on any atom is 0.178 e. The van der Waals surface area contributed by atoms with Gasteiger partial charge in [-0.1, -0.05) is 37.6 Å². The Bertz CT molecular complexity index is 667. The summed E-state index contributed by atoms with van der Waals surface area (Å²) in [4.78, 5) is 23.9. The summed E-state index contributed by atoms with van der Waals surface area (Å²) < 4.78 is 0. The molecular weight excluding hydrogens is 284 g/mol. The number of allylic oxidation sites excluding steroid dienone is 6. The van der Waals surface area contributed by atoms with E-state index >= 15 is 0 Å². The second kappa shape index (κ2) is 4.78. The normalized spacial score (nSPS) is 47.6. The number of hydrogen-bond acceptors (Lipinski definition) is 2. The topological polar surface area (TPSA) is 34.1 Å². The van der Waals surface area contributed by atoms with E-state index in [0.717, 1.165) is 19.3 Å². The van der Waals surface area contributed by atoms with E-state index in [9.17, 15) is 9.59 Å². The highest BCUT2D eigenvalue weighted by molar-refractivity contribution is 6.01. The zero-order valence-electron chi connectivity index (χ0n) is 14.3. The van der Waals surface area contributed by atoms with Gasteiger partial charge in [0.25, 0.3) is 0 Å². The lowest BCUT2D eigenvalue weighted by Crippen LogP contribution is -2.47. The number of rotatable bonds is 1. The highest BCUT2D eigenvalue weighted by Gasteiger charge is 2.57. The van der Waals surface area contributed by atoms with Crippen LogP contribution in [0.4, 0.5) is 0 Å². The minimum atomic E-state index is -0.0109. The zero-order chi connectivity index (χ0) is 16.4. The molecular formula is C21H26O2. The SMILES string of the molecule is CC(=O)[C@H]1CC[C@H]2[C@@H]3CCC4=CC(=O)C=C[C@]4(C)[C@H]3C=C[C@]12C. The van der Waals surface area contributed by atoms with Crippen molar-refractivity contribution in [2.24, 2.45) is 34.5 Å². The first-order valence-corrected chi connectivity index (χ1v) is 9.00. The van der Waals surface area contributed by atoms with Gasteiger partial charge >= 0.3 is 0 Å². The Kier molecular flexibility index (Phi) is 3.14. The summed E-state index contributed by atoms with van der Waals surface area (Å²) >= 11 is 0. The van der Waals surface area contributed by atoms with Crippen LogP contribution >= 0.6 is 0 Å². The lowest BCUT2D eigenvalue weighted by atomic mass is 9.50. The van der Waals surface area contributed by atoms with Crippen LogP contribution < -0.4 is 0 Å². The summed E-state index contributed by atoms with van der Waals surface area (Å²) in [6.45, 7) is 6.36. The van der Waals surface area contributed by atoms with Gasteiger partial charge in [0.05, 0.1) is 0 Å². The number of carbonyl (C=O) groups is 2. The van der Waals surface area contributed by atoms with Crippen LogP contribution in [0.2, 0.25) is 0 Å². The Hall–Kier alpha value is -1.44. The zero-order valence-corrected chi connectivity index (χ0v) is 14.3. The molecule has 0 amide bonds. The summed E-state index contributed by atoms with van der Waals surface area (Å²) in [7, 11) is 0. The Labute approximate surface area is 138 Å². The molecule has 0 spiro atoms. The summed E-state index contributed by atoms with van der Waals surface area (Å²) in [5, 5.41) is 0. The van der Waals surface area contributed by atoms with E-state index in [1.165, 1.54) is 12.0 Å². The fraction of sp³-hybridized carbons (Fsp3) is 0.619. The Morgan fingerprint density at radius 3 is 2.70 bits per heavy atom. The van der Waals surface area contributed by atoms with Gasteiger partial charge in [-0.2, -0.15) is 0 Å². The molecule has 6 atom stereocenters. The van der Waals surface area contributed by atoms with Crippen molar-refractivity contribution in [2.45, 2.75) is 46.5 Å². The van der Waals surface area contributed by atoms with E-state index in [0.29, 0.717) is 23.5 Å². The van der Waals surface area contributed by atoms with Gasteiger partial charge in [-0.3, -0.25) is 9.59 Å². The number of Topliss-reactive ketones (excluding diaryl/α,β-unsaturated/α-hetero) is 1. The molecule has 4 aliphatic rings. The standard InChI is InChI=1S/C21H26O2/c1-13(22)17-6-7-18-16-5-4-14-12-15(23)8-10-20(14,2)19(16)9-11-21(17,18)3/h8-12,16-19H,4-7H2,1-3H3/t16-,17+,18-,19-,20-,21+/m0/s1. The van der Waals surface area contributed by atoms with Crippen LogP contribution in [0.25, 0.3) is 0 Å². The number of hydrogen-bond donors (Lipinski definition) is 0. The van der Waals surface area contributed by atoms with E-state index in [1.807, 2.05) is 6.08 Å². The minimum absolute atomic E-state index is 0.0109. The van der Waals surface area contributed by atoms with Crippen molar-refractivity contribution in [1.82, 2.24) is 0 Å². The number of fused-ring (bicyclic) bond motifs is 5. The fourth-order valence-corrected chi connectivity index (χ4v) is 6.24. The molecule has 23 heavy (non-hydrogen) atoms. The summed E-state index contributed by atoms with van der Waals surface area (Å²) in [5.74, 6) is 2.39. The van der Waals surface area contributed by atoms with Crippen LogP contribution in [0.1, 0.15) is 46.5 Å². The van der Waals surface area contributed by atoms with Crippen LogP contribution in [0.5, 0.6) is 0 Å². The molecule has 2 saturated carbocycles. The third-order valence-corrected chi connectivity index (χ3v) is 7.49. The lowest BCUT2D eigenvalue weighted by molar-refractivity contribution is -0.123. The monoisotopic (exact) mass is 310 g/mol. The maximum absolute atomic E-state index is 12.1. The third-order valence-electron chi connectivity index (χ3n) is 7.49. The van der Waals surface area contributed by atoms with Crippen LogP contribution in [-0.2, 0) is 9.59 Å². The Balaban J connectivity index is 1.75. The number of ketones is 2. The Morgan fingerprint density at radius 1 is 1.17 bits per heavy atom. The summed E-state index contributed by atoms with van der Waals surface area (Å²) in [6, 6.07) is 0. The summed E-state index contributed by atoms with van der Waals surface area (Å²) in [5.41, 5.74) is 1.34. The molecule has 0 N–H and O–H groups in total. The van der Waals surface area contributed by atoms with E-state index in [1.54, 1.807) is 13.0 Å². The lowest BCUT2D eigenvalue weighted by Gasteiger charge is -2.53. The molecule has 2 nitrogen and oxygen atoms in total. The third kappa shape index (κ3) is 1.93. The molecule has 4 aliphatic carbocycles. The van der Waals surface area contributed by atoms with Crippen LogP contribution in [0.3, 0.4) is 0 Å². The highest BCUT2D eigenvalue weighted by atomic mass is 16.1. The molecule has 2 heteroatoms. The fourth-order valence-electron chi connectivity index (χ4n) is 6.24. The Morgan fingerprint density at radius 2 is 1.96 bits per heavy atom. The average molecular weight is 310 g/mol. The van der Waals surface area contributed by atoms with E-state index in [2.05, 4.69) is 32.1 Å². The molecule has 0 bridgehead atoms. The van der Waals surface area contributed by atoms with E-state index in [4.69, 9.17) is 0 Å². The van der Waals surface area contributed by atoms with Crippen molar-refractivity contribution in [3.05, 3.63) is 36.0 Å². The average Bonchev–Trinajstić information content (AvgIpc) is 2.85. The summed E-state index contributed by atoms with van der Waals surface area (Å²) in [6.07, 6.45) is 14.9. The molecule has 2 fully saturated rings. The quantitative estimate of drug-likeness (QED) is 0.678. The van der Waals surface area contributed by atoms with Gasteiger partial charge in [0.1, 0.15) is 5.78 Å². The molecule has 0 aliphatic heterocycles. The molecule has 0 heterocycles. The van der Waals surface area contributed by atoms with Crippen molar-refractivity contribution in [2.75, 3.05) is 0 Å². The number of carbonyl (C=O) groups excluding carboxylic acids is 2. The van der Waals surface area contributed by atoms with Crippen molar-refractivity contribution < 1.29 is 9.59 Å². The van der Waals surface area contributed by atoms with Crippen molar-refractivity contribution in [3.63, 3.8) is 0 Å². The van der Waals surface area contributed by atoms with Crippen molar-refractivity contribution >= 4 is 11.6 Å².